The number of ether oxygens (including phenoxy) is 1. The third-order valence-corrected chi connectivity index (χ3v) is 4.88. The Morgan fingerprint density at radius 3 is 2.58 bits per heavy atom. The molecule has 5 nitrogen and oxygen atoms in total. The topological polar surface area (TPSA) is 72.6 Å². The highest BCUT2D eigenvalue weighted by Gasteiger charge is 2.20. The van der Waals surface area contributed by atoms with E-state index in [2.05, 4.69) is 0 Å². The van der Waals surface area contributed by atoms with E-state index in [1.165, 1.54) is 10.4 Å². The zero-order chi connectivity index (χ0) is 14.5. The van der Waals surface area contributed by atoms with E-state index in [0.717, 1.165) is 12.0 Å². The third-order valence-electron chi connectivity index (χ3n) is 3.03. The van der Waals surface area contributed by atoms with E-state index >= 15 is 0 Å². The first-order valence-corrected chi connectivity index (χ1v) is 7.71. The van der Waals surface area contributed by atoms with E-state index in [9.17, 15) is 8.42 Å². The van der Waals surface area contributed by atoms with Crippen molar-refractivity contribution < 1.29 is 13.2 Å². The van der Waals surface area contributed by atoms with E-state index in [1.54, 1.807) is 26.3 Å². The highest BCUT2D eigenvalue weighted by Crippen LogP contribution is 2.21. The lowest BCUT2D eigenvalue weighted by atomic mass is 10.1. The molecule has 0 spiro atoms. The Labute approximate surface area is 115 Å². The van der Waals surface area contributed by atoms with Crippen LogP contribution in [0.15, 0.2) is 23.1 Å². The van der Waals surface area contributed by atoms with Crippen molar-refractivity contribution >= 4 is 15.7 Å². The van der Waals surface area contributed by atoms with Crippen LogP contribution in [0.2, 0.25) is 0 Å². The number of sulfonamides is 1. The molecule has 0 saturated heterocycles. The fourth-order valence-electron chi connectivity index (χ4n) is 1.79. The van der Waals surface area contributed by atoms with Crippen LogP contribution in [0.4, 0.5) is 5.69 Å². The second kappa shape index (κ2) is 6.88. The fourth-order valence-corrected chi connectivity index (χ4v) is 3.03. The summed E-state index contributed by atoms with van der Waals surface area (Å²) >= 11 is 0. The summed E-state index contributed by atoms with van der Waals surface area (Å²) in [7, 11) is -0.309. The highest BCUT2D eigenvalue weighted by molar-refractivity contribution is 7.89. The van der Waals surface area contributed by atoms with Gasteiger partial charge in [0.2, 0.25) is 10.0 Å². The molecule has 0 radical (unpaired) electrons. The Kier molecular flexibility index (Phi) is 5.78. The molecule has 1 rings (SSSR count). The van der Waals surface area contributed by atoms with Crippen molar-refractivity contribution in [2.24, 2.45) is 0 Å². The van der Waals surface area contributed by atoms with Crippen LogP contribution in [0.3, 0.4) is 0 Å². The average molecular weight is 286 g/mol. The van der Waals surface area contributed by atoms with Crippen molar-refractivity contribution in [1.82, 2.24) is 4.31 Å². The first-order chi connectivity index (χ1) is 8.93. The zero-order valence-corrected chi connectivity index (χ0v) is 12.5. The number of nitrogens with zero attached hydrogens (tertiary/aromatic N) is 1. The minimum atomic E-state index is -3.47. The summed E-state index contributed by atoms with van der Waals surface area (Å²) in [5.41, 5.74) is 7.33. The molecule has 0 aliphatic carbocycles. The molecule has 0 unspecified atom stereocenters. The van der Waals surface area contributed by atoms with Gasteiger partial charge in [-0.15, -0.1) is 0 Å². The molecule has 6 heteroatoms. The number of rotatable bonds is 7. The van der Waals surface area contributed by atoms with Crippen LogP contribution in [0.1, 0.15) is 18.9 Å². The number of aryl methyl sites for hydroxylation is 1. The molecule has 0 amide bonds. The number of nitrogen functional groups attached to an aromatic ring is 1. The Morgan fingerprint density at radius 2 is 2.05 bits per heavy atom. The Morgan fingerprint density at radius 1 is 1.37 bits per heavy atom. The van der Waals surface area contributed by atoms with Gasteiger partial charge in [0, 0.05) is 33.0 Å². The molecule has 108 valence electrons. The molecular weight excluding hydrogens is 264 g/mol. The lowest BCUT2D eigenvalue weighted by Gasteiger charge is -2.17. The van der Waals surface area contributed by atoms with Crippen LogP contribution < -0.4 is 5.73 Å². The van der Waals surface area contributed by atoms with Crippen molar-refractivity contribution in [3.63, 3.8) is 0 Å². The summed E-state index contributed by atoms with van der Waals surface area (Å²) in [5.74, 6) is 0. The fraction of sp³-hybridized carbons (Fsp3) is 0.538. The van der Waals surface area contributed by atoms with Crippen molar-refractivity contribution in [2.75, 3.05) is 33.0 Å². The van der Waals surface area contributed by atoms with E-state index in [0.29, 0.717) is 25.3 Å². The van der Waals surface area contributed by atoms with E-state index in [4.69, 9.17) is 10.5 Å². The second-order valence-corrected chi connectivity index (χ2v) is 6.43. The first kappa shape index (κ1) is 15.9. The second-order valence-electron chi connectivity index (χ2n) is 4.39. The molecule has 0 bridgehead atoms. The predicted octanol–water partition coefficient (Wildman–Crippen LogP) is 1.49. The Bertz CT molecular complexity index is 515. The van der Waals surface area contributed by atoms with Crippen LogP contribution >= 0.6 is 0 Å². The van der Waals surface area contributed by atoms with Crippen molar-refractivity contribution in [3.05, 3.63) is 23.8 Å². The van der Waals surface area contributed by atoms with Crippen LogP contribution in [0, 0.1) is 0 Å². The maximum absolute atomic E-state index is 12.3. The standard InChI is InChI=1S/C13H22N2O3S/c1-4-11-6-7-12(10-13(11)14)19(16,17)15(2)8-5-9-18-3/h6-7,10H,4-5,8-9,14H2,1-3H3. The number of nitrogens with two attached hydrogens (primary N) is 1. The number of anilines is 1. The number of methoxy groups -OCH3 is 1. The van der Waals surface area contributed by atoms with Gasteiger partial charge in [0.05, 0.1) is 4.90 Å². The van der Waals surface area contributed by atoms with Gasteiger partial charge in [-0.2, -0.15) is 0 Å². The van der Waals surface area contributed by atoms with Gasteiger partial charge in [-0.3, -0.25) is 0 Å². The molecule has 0 aromatic heterocycles. The molecule has 19 heavy (non-hydrogen) atoms. The molecule has 0 saturated carbocycles. The van der Waals surface area contributed by atoms with Gasteiger partial charge in [-0.05, 0) is 30.5 Å². The molecular formula is C13H22N2O3S. The van der Waals surface area contributed by atoms with Crippen LogP contribution in [0.5, 0.6) is 0 Å². The molecule has 1 aromatic carbocycles. The number of benzene rings is 1. The van der Waals surface area contributed by atoms with Gasteiger partial charge in [0.1, 0.15) is 0 Å². The van der Waals surface area contributed by atoms with Crippen molar-refractivity contribution in [1.29, 1.82) is 0 Å². The van der Waals surface area contributed by atoms with E-state index in [-0.39, 0.29) is 4.90 Å². The van der Waals surface area contributed by atoms with Crippen molar-refractivity contribution in [3.8, 4) is 0 Å². The van der Waals surface area contributed by atoms with Crippen molar-refractivity contribution in [2.45, 2.75) is 24.7 Å². The maximum atomic E-state index is 12.3. The van der Waals surface area contributed by atoms with Gasteiger partial charge in [0.25, 0.3) is 0 Å². The van der Waals surface area contributed by atoms with E-state index in [1.807, 2.05) is 6.92 Å². The Hall–Kier alpha value is -1.11. The van der Waals surface area contributed by atoms with Crippen LogP contribution in [0.25, 0.3) is 0 Å². The first-order valence-electron chi connectivity index (χ1n) is 6.27. The maximum Gasteiger partial charge on any atom is 0.242 e. The summed E-state index contributed by atoms with van der Waals surface area (Å²) in [6, 6.07) is 4.91. The number of hydrogen-bond acceptors (Lipinski definition) is 4. The zero-order valence-electron chi connectivity index (χ0n) is 11.7. The largest absolute Gasteiger partial charge is 0.398 e. The number of hydrogen-bond donors (Lipinski definition) is 1. The molecule has 0 fully saturated rings. The summed E-state index contributed by atoms with van der Waals surface area (Å²) in [6.45, 7) is 2.94. The minimum Gasteiger partial charge on any atom is -0.398 e. The lowest BCUT2D eigenvalue weighted by molar-refractivity contribution is 0.189. The Balaban J connectivity index is 2.90. The molecule has 0 aliphatic rings. The average Bonchev–Trinajstić information content (AvgIpc) is 2.38. The van der Waals surface area contributed by atoms with Gasteiger partial charge in [0.15, 0.2) is 0 Å². The monoisotopic (exact) mass is 286 g/mol. The molecule has 2 N–H and O–H groups in total. The lowest BCUT2D eigenvalue weighted by Crippen LogP contribution is -2.28. The summed E-state index contributed by atoms with van der Waals surface area (Å²) < 4.78 is 30.9. The van der Waals surface area contributed by atoms with Gasteiger partial charge in [-0.1, -0.05) is 13.0 Å². The normalized spacial score (nSPS) is 12.0. The molecule has 1 aromatic rings. The third kappa shape index (κ3) is 3.92. The van der Waals surface area contributed by atoms with Gasteiger partial charge in [-0.25, -0.2) is 12.7 Å². The highest BCUT2D eigenvalue weighted by atomic mass is 32.2. The van der Waals surface area contributed by atoms with E-state index < -0.39 is 10.0 Å². The summed E-state index contributed by atoms with van der Waals surface area (Å²) in [4.78, 5) is 0.238. The molecule has 0 aliphatic heterocycles. The van der Waals surface area contributed by atoms with Crippen LogP contribution in [-0.2, 0) is 21.2 Å². The molecule has 0 heterocycles. The van der Waals surface area contributed by atoms with Crippen LogP contribution in [-0.4, -0.2) is 40.0 Å². The SMILES string of the molecule is CCc1ccc(S(=O)(=O)N(C)CCCOC)cc1N. The summed E-state index contributed by atoms with van der Waals surface area (Å²) in [6.07, 6.45) is 1.45. The smallest absolute Gasteiger partial charge is 0.242 e. The van der Waals surface area contributed by atoms with Gasteiger partial charge >= 0.3 is 0 Å². The van der Waals surface area contributed by atoms with Gasteiger partial charge < -0.3 is 10.5 Å². The summed E-state index contributed by atoms with van der Waals surface area (Å²) in [5, 5.41) is 0. The molecule has 0 atom stereocenters. The minimum absolute atomic E-state index is 0.238. The predicted molar refractivity (Wildman–Crippen MR) is 76.5 cm³/mol. The quantitative estimate of drug-likeness (QED) is 0.609.